The van der Waals surface area contributed by atoms with Crippen molar-refractivity contribution in [1.82, 2.24) is 10.2 Å². The van der Waals surface area contributed by atoms with Gasteiger partial charge < -0.3 is 9.15 Å². The van der Waals surface area contributed by atoms with Crippen LogP contribution in [0, 0.1) is 0 Å². The normalized spacial score (nSPS) is 10.3. The summed E-state index contributed by atoms with van der Waals surface area (Å²) >= 11 is 3.11. The second-order valence-corrected chi connectivity index (χ2v) is 3.62. The topological polar surface area (TPSA) is 48.2 Å². The molecule has 0 unspecified atom stereocenters. The molecule has 5 heteroatoms. The maximum absolute atomic E-state index is 5.23. The molecule has 0 aliphatic carbocycles. The molecule has 78 valence electrons. The second-order valence-electron chi connectivity index (χ2n) is 2.94. The van der Waals surface area contributed by atoms with Crippen LogP contribution in [0.25, 0.3) is 0 Å². The number of nitrogens with zero attached hydrogens (tertiary/aromatic N) is 2. The fourth-order valence-corrected chi connectivity index (χ4v) is 1.58. The van der Waals surface area contributed by atoms with Crippen LogP contribution in [-0.2, 0) is 6.42 Å². The lowest BCUT2D eigenvalue weighted by Crippen LogP contribution is -1.93. The molecule has 1 aromatic heterocycles. The predicted octanol–water partition coefficient (Wildman–Crippen LogP) is 2.43. The summed E-state index contributed by atoms with van der Waals surface area (Å²) in [4.78, 5) is 0.396. The van der Waals surface area contributed by atoms with Gasteiger partial charge in [0.2, 0.25) is 5.89 Å². The van der Waals surface area contributed by atoms with E-state index < -0.39 is 0 Å². The molecule has 0 bridgehead atoms. The van der Waals surface area contributed by atoms with Crippen LogP contribution in [-0.4, -0.2) is 17.3 Å². The van der Waals surface area contributed by atoms with E-state index >= 15 is 0 Å². The Kier molecular flexibility index (Phi) is 3.01. The Balaban J connectivity index is 2.23. The van der Waals surface area contributed by atoms with Crippen LogP contribution in [0.2, 0.25) is 0 Å². The van der Waals surface area contributed by atoms with Crippen molar-refractivity contribution >= 4 is 15.9 Å². The Morgan fingerprint density at radius 1 is 1.33 bits per heavy atom. The molecule has 0 atom stereocenters. The smallest absolute Gasteiger partial charge is 0.284 e. The van der Waals surface area contributed by atoms with Crippen LogP contribution in [0.3, 0.4) is 0 Å². The number of para-hydroxylation sites is 1. The number of halogens is 1. The SMILES string of the molecule is COc1ccccc1Cc1nnc(Br)o1. The maximum Gasteiger partial charge on any atom is 0.284 e. The van der Waals surface area contributed by atoms with Crippen LogP contribution in [0.1, 0.15) is 11.5 Å². The zero-order chi connectivity index (χ0) is 10.7. The lowest BCUT2D eigenvalue weighted by Gasteiger charge is -2.04. The molecule has 0 aliphatic heterocycles. The van der Waals surface area contributed by atoms with Gasteiger partial charge in [-0.15, -0.1) is 10.2 Å². The third-order valence-corrected chi connectivity index (χ3v) is 2.30. The zero-order valence-electron chi connectivity index (χ0n) is 8.11. The molecule has 0 amide bonds. The van der Waals surface area contributed by atoms with E-state index in [2.05, 4.69) is 26.1 Å². The van der Waals surface area contributed by atoms with Gasteiger partial charge in [-0.05, 0) is 6.07 Å². The Labute approximate surface area is 95.4 Å². The summed E-state index contributed by atoms with van der Waals surface area (Å²) in [5.74, 6) is 1.39. The van der Waals surface area contributed by atoms with Crippen molar-refractivity contribution in [3.8, 4) is 5.75 Å². The molecule has 1 heterocycles. The van der Waals surface area contributed by atoms with E-state index in [9.17, 15) is 0 Å². The number of hydrogen-bond donors (Lipinski definition) is 0. The molecule has 0 saturated heterocycles. The minimum atomic E-state index is 0.396. The molecule has 15 heavy (non-hydrogen) atoms. The minimum Gasteiger partial charge on any atom is -0.496 e. The van der Waals surface area contributed by atoms with E-state index in [4.69, 9.17) is 9.15 Å². The first-order valence-electron chi connectivity index (χ1n) is 4.39. The number of ether oxygens (including phenoxy) is 1. The van der Waals surface area contributed by atoms with Gasteiger partial charge in [-0.1, -0.05) is 18.2 Å². The first kappa shape index (κ1) is 10.2. The van der Waals surface area contributed by atoms with Crippen molar-refractivity contribution in [2.75, 3.05) is 7.11 Å². The van der Waals surface area contributed by atoms with Gasteiger partial charge in [0, 0.05) is 21.5 Å². The van der Waals surface area contributed by atoms with Crippen molar-refractivity contribution in [1.29, 1.82) is 0 Å². The van der Waals surface area contributed by atoms with Gasteiger partial charge >= 0.3 is 0 Å². The Morgan fingerprint density at radius 2 is 2.13 bits per heavy atom. The molecule has 0 spiro atoms. The summed E-state index contributed by atoms with van der Waals surface area (Å²) in [6, 6.07) is 7.74. The number of aromatic nitrogens is 2. The van der Waals surface area contributed by atoms with Crippen LogP contribution in [0.4, 0.5) is 0 Å². The summed E-state index contributed by atoms with van der Waals surface area (Å²) < 4.78 is 10.4. The fourth-order valence-electron chi connectivity index (χ4n) is 1.32. The summed E-state index contributed by atoms with van der Waals surface area (Å²) in [5.41, 5.74) is 1.02. The molecule has 1 aromatic carbocycles. The summed E-state index contributed by atoms with van der Waals surface area (Å²) in [5, 5.41) is 7.59. The van der Waals surface area contributed by atoms with E-state index in [0.29, 0.717) is 17.1 Å². The monoisotopic (exact) mass is 268 g/mol. The van der Waals surface area contributed by atoms with Crippen molar-refractivity contribution < 1.29 is 9.15 Å². The van der Waals surface area contributed by atoms with Gasteiger partial charge in [-0.2, -0.15) is 0 Å². The molecular weight excluding hydrogens is 260 g/mol. The van der Waals surface area contributed by atoms with E-state index in [-0.39, 0.29) is 0 Å². The highest BCUT2D eigenvalue weighted by atomic mass is 79.9. The fraction of sp³-hybridized carbons (Fsp3) is 0.200. The van der Waals surface area contributed by atoms with Crippen molar-refractivity contribution in [3.05, 3.63) is 40.5 Å². The predicted molar refractivity (Wildman–Crippen MR) is 57.8 cm³/mol. The highest BCUT2D eigenvalue weighted by Gasteiger charge is 2.08. The van der Waals surface area contributed by atoms with E-state index in [0.717, 1.165) is 11.3 Å². The van der Waals surface area contributed by atoms with Crippen LogP contribution < -0.4 is 4.74 Å². The second kappa shape index (κ2) is 4.44. The minimum absolute atomic E-state index is 0.396. The largest absolute Gasteiger partial charge is 0.496 e. The molecule has 0 N–H and O–H groups in total. The van der Waals surface area contributed by atoms with E-state index in [1.54, 1.807) is 7.11 Å². The number of benzene rings is 1. The van der Waals surface area contributed by atoms with Gasteiger partial charge in [-0.3, -0.25) is 0 Å². The maximum atomic E-state index is 5.23. The van der Waals surface area contributed by atoms with Crippen molar-refractivity contribution in [3.63, 3.8) is 0 Å². The first-order valence-corrected chi connectivity index (χ1v) is 5.18. The summed E-state index contributed by atoms with van der Waals surface area (Å²) in [6.45, 7) is 0. The van der Waals surface area contributed by atoms with Gasteiger partial charge in [0.05, 0.1) is 13.5 Å². The van der Waals surface area contributed by atoms with Crippen LogP contribution >= 0.6 is 15.9 Å². The van der Waals surface area contributed by atoms with Gasteiger partial charge in [-0.25, -0.2) is 0 Å². The molecule has 4 nitrogen and oxygen atoms in total. The Morgan fingerprint density at radius 3 is 2.80 bits per heavy atom. The van der Waals surface area contributed by atoms with E-state index in [1.807, 2.05) is 24.3 Å². The zero-order valence-corrected chi connectivity index (χ0v) is 9.69. The van der Waals surface area contributed by atoms with Crippen molar-refractivity contribution in [2.24, 2.45) is 0 Å². The Hall–Kier alpha value is -1.36. The van der Waals surface area contributed by atoms with E-state index in [1.165, 1.54) is 0 Å². The average Bonchev–Trinajstić information content (AvgIpc) is 2.65. The van der Waals surface area contributed by atoms with Crippen LogP contribution in [0.5, 0.6) is 5.75 Å². The molecule has 0 saturated carbocycles. The molecule has 2 rings (SSSR count). The van der Waals surface area contributed by atoms with Gasteiger partial charge in [0.25, 0.3) is 4.80 Å². The molecule has 2 aromatic rings. The lowest BCUT2D eigenvalue weighted by atomic mass is 10.1. The molecular formula is C10H9BrN2O2. The number of methoxy groups -OCH3 is 1. The molecule has 0 aliphatic rings. The molecule has 0 radical (unpaired) electrons. The lowest BCUT2D eigenvalue weighted by molar-refractivity contribution is 0.407. The van der Waals surface area contributed by atoms with Crippen LogP contribution in [0.15, 0.2) is 33.5 Å². The van der Waals surface area contributed by atoms with Crippen molar-refractivity contribution in [2.45, 2.75) is 6.42 Å². The number of hydrogen-bond acceptors (Lipinski definition) is 4. The number of rotatable bonds is 3. The average molecular weight is 269 g/mol. The first-order chi connectivity index (χ1) is 7.29. The third-order valence-electron chi connectivity index (χ3n) is 1.98. The Bertz CT molecular complexity index is 456. The highest BCUT2D eigenvalue weighted by molar-refractivity contribution is 9.10. The molecule has 0 fully saturated rings. The summed E-state index contributed by atoms with van der Waals surface area (Å²) in [7, 11) is 1.64. The summed E-state index contributed by atoms with van der Waals surface area (Å²) in [6.07, 6.45) is 0.572. The highest BCUT2D eigenvalue weighted by Crippen LogP contribution is 2.20. The van der Waals surface area contributed by atoms with Gasteiger partial charge in [0.15, 0.2) is 0 Å². The standard InChI is InChI=1S/C10H9BrN2O2/c1-14-8-5-3-2-4-7(8)6-9-12-13-10(11)15-9/h2-5H,6H2,1H3. The quantitative estimate of drug-likeness (QED) is 0.858. The third kappa shape index (κ3) is 2.36. The van der Waals surface area contributed by atoms with Gasteiger partial charge in [0.1, 0.15) is 5.75 Å².